The Morgan fingerprint density at radius 1 is 1.10 bits per heavy atom. The van der Waals surface area contributed by atoms with Crippen molar-refractivity contribution in [3.63, 3.8) is 0 Å². The van der Waals surface area contributed by atoms with Crippen LogP contribution in [0.3, 0.4) is 0 Å². The molecule has 0 atom stereocenters. The fourth-order valence-corrected chi connectivity index (χ4v) is 2.19. The van der Waals surface area contributed by atoms with E-state index in [1.54, 1.807) is 12.1 Å². The zero-order valence-corrected chi connectivity index (χ0v) is 11.3. The second-order valence-corrected chi connectivity index (χ2v) is 4.70. The molecule has 0 aliphatic carbocycles. The van der Waals surface area contributed by atoms with Crippen LogP contribution in [0.15, 0.2) is 60.9 Å². The van der Waals surface area contributed by atoms with Gasteiger partial charge in [-0.25, -0.2) is 4.98 Å². The highest BCUT2D eigenvalue weighted by atomic mass is 35.5. The molecular formula is C16H11ClN2O. The van der Waals surface area contributed by atoms with Crippen molar-refractivity contribution in [2.75, 3.05) is 0 Å². The number of halogens is 1. The molecule has 0 aliphatic rings. The van der Waals surface area contributed by atoms with Crippen LogP contribution in [0.4, 0.5) is 0 Å². The van der Waals surface area contributed by atoms with Crippen LogP contribution in [-0.4, -0.2) is 15.5 Å². The van der Waals surface area contributed by atoms with E-state index in [-0.39, 0.29) is 5.91 Å². The van der Waals surface area contributed by atoms with Gasteiger partial charge in [0.1, 0.15) is 6.33 Å². The van der Waals surface area contributed by atoms with Gasteiger partial charge in [-0.2, -0.15) is 0 Å². The molecule has 3 nitrogen and oxygen atoms in total. The molecule has 0 unspecified atom stereocenters. The van der Waals surface area contributed by atoms with Crippen molar-refractivity contribution in [3.8, 4) is 0 Å². The van der Waals surface area contributed by atoms with Gasteiger partial charge in [0.15, 0.2) is 0 Å². The molecule has 0 N–H and O–H groups in total. The number of carbonyl (C=O) groups is 1. The maximum absolute atomic E-state index is 12.2. The molecule has 4 heteroatoms. The molecule has 2 aromatic carbocycles. The van der Waals surface area contributed by atoms with E-state index in [1.165, 1.54) is 17.0 Å². The topological polar surface area (TPSA) is 34.9 Å². The lowest BCUT2D eigenvalue weighted by Crippen LogP contribution is -2.05. The fourth-order valence-electron chi connectivity index (χ4n) is 1.99. The first-order chi connectivity index (χ1) is 9.75. The average Bonchev–Trinajstić information content (AvgIpc) is 2.90. The number of hydrogen-bond acceptors (Lipinski definition) is 2. The molecule has 1 aromatic heterocycles. The van der Waals surface area contributed by atoms with E-state index in [0.29, 0.717) is 5.02 Å². The Hall–Kier alpha value is -2.39. The lowest BCUT2D eigenvalue weighted by Gasteiger charge is -1.99. The standard InChI is InChI=1S/C16H11ClN2O/c17-13-6-2-1-5-12(13)9-10-16(20)19-11-18-14-7-3-4-8-15(14)19/h1-11H/b10-9+. The molecule has 0 amide bonds. The monoisotopic (exact) mass is 282 g/mol. The molecule has 3 aromatic rings. The van der Waals surface area contributed by atoms with Crippen LogP contribution in [0.25, 0.3) is 17.1 Å². The molecule has 0 radical (unpaired) electrons. The number of allylic oxidation sites excluding steroid dienone is 1. The molecule has 3 rings (SSSR count). The molecule has 0 fully saturated rings. The Labute approximate surface area is 121 Å². The van der Waals surface area contributed by atoms with Gasteiger partial charge in [0, 0.05) is 11.1 Å². The van der Waals surface area contributed by atoms with Crippen molar-refractivity contribution in [2.24, 2.45) is 0 Å². The second-order valence-electron chi connectivity index (χ2n) is 4.30. The Balaban J connectivity index is 1.92. The van der Waals surface area contributed by atoms with Crippen molar-refractivity contribution in [1.29, 1.82) is 0 Å². The largest absolute Gasteiger partial charge is 0.269 e. The smallest absolute Gasteiger partial charge is 0.256 e. The molecule has 0 bridgehead atoms. The summed E-state index contributed by atoms with van der Waals surface area (Å²) in [6.45, 7) is 0. The Kier molecular flexibility index (Phi) is 3.35. The molecule has 0 spiro atoms. The highest BCUT2D eigenvalue weighted by molar-refractivity contribution is 6.32. The lowest BCUT2D eigenvalue weighted by molar-refractivity contribution is 0.0974. The predicted octanol–water partition coefficient (Wildman–Crippen LogP) is 4.04. The van der Waals surface area contributed by atoms with Crippen molar-refractivity contribution in [3.05, 3.63) is 71.5 Å². The maximum Gasteiger partial charge on any atom is 0.256 e. The van der Waals surface area contributed by atoms with Crippen LogP contribution in [0, 0.1) is 0 Å². The number of nitrogens with zero attached hydrogens (tertiary/aromatic N) is 2. The Morgan fingerprint density at radius 3 is 2.70 bits per heavy atom. The summed E-state index contributed by atoms with van der Waals surface area (Å²) >= 11 is 6.05. The number of hydrogen-bond donors (Lipinski definition) is 0. The van der Waals surface area contributed by atoms with E-state index >= 15 is 0 Å². The van der Waals surface area contributed by atoms with Crippen LogP contribution in [0.2, 0.25) is 5.02 Å². The number of fused-ring (bicyclic) bond motifs is 1. The van der Waals surface area contributed by atoms with Gasteiger partial charge in [-0.3, -0.25) is 9.36 Å². The summed E-state index contributed by atoms with van der Waals surface area (Å²) in [5.41, 5.74) is 2.40. The van der Waals surface area contributed by atoms with E-state index in [2.05, 4.69) is 4.98 Å². The lowest BCUT2D eigenvalue weighted by atomic mass is 10.2. The summed E-state index contributed by atoms with van der Waals surface area (Å²) in [6.07, 6.45) is 4.73. The third kappa shape index (κ3) is 2.36. The summed E-state index contributed by atoms with van der Waals surface area (Å²) in [5, 5.41) is 0.618. The van der Waals surface area contributed by atoms with Gasteiger partial charge in [0.05, 0.1) is 11.0 Å². The zero-order chi connectivity index (χ0) is 13.9. The van der Waals surface area contributed by atoms with Crippen LogP contribution in [0.5, 0.6) is 0 Å². The summed E-state index contributed by atoms with van der Waals surface area (Å²) < 4.78 is 1.52. The fraction of sp³-hybridized carbons (Fsp3) is 0. The van der Waals surface area contributed by atoms with Crippen LogP contribution in [-0.2, 0) is 0 Å². The minimum Gasteiger partial charge on any atom is -0.269 e. The van der Waals surface area contributed by atoms with Gasteiger partial charge in [-0.15, -0.1) is 0 Å². The number of imidazole rings is 1. The second kappa shape index (κ2) is 5.31. The van der Waals surface area contributed by atoms with Gasteiger partial charge in [-0.1, -0.05) is 41.9 Å². The first-order valence-corrected chi connectivity index (χ1v) is 6.52. The summed E-state index contributed by atoms with van der Waals surface area (Å²) in [6, 6.07) is 14.9. The van der Waals surface area contributed by atoms with E-state index in [9.17, 15) is 4.79 Å². The van der Waals surface area contributed by atoms with Gasteiger partial charge in [0.25, 0.3) is 5.91 Å². The quantitative estimate of drug-likeness (QED) is 0.665. The van der Waals surface area contributed by atoms with Crippen molar-refractivity contribution < 1.29 is 4.79 Å². The molecule has 1 heterocycles. The SMILES string of the molecule is O=C(/C=C/c1ccccc1Cl)n1cnc2ccccc21. The number of rotatable bonds is 2. The first-order valence-electron chi connectivity index (χ1n) is 6.15. The summed E-state index contributed by atoms with van der Waals surface area (Å²) in [5.74, 6) is -0.154. The van der Waals surface area contributed by atoms with Crippen LogP contribution in [0.1, 0.15) is 10.4 Å². The third-order valence-electron chi connectivity index (χ3n) is 3.00. The minimum absolute atomic E-state index is 0.154. The van der Waals surface area contributed by atoms with Gasteiger partial charge in [-0.05, 0) is 29.8 Å². The highest BCUT2D eigenvalue weighted by Crippen LogP contribution is 2.17. The molecule has 20 heavy (non-hydrogen) atoms. The van der Waals surface area contributed by atoms with E-state index in [1.807, 2.05) is 42.5 Å². The van der Waals surface area contributed by atoms with E-state index in [4.69, 9.17) is 11.6 Å². The van der Waals surface area contributed by atoms with Crippen molar-refractivity contribution in [1.82, 2.24) is 9.55 Å². The van der Waals surface area contributed by atoms with Gasteiger partial charge in [0.2, 0.25) is 0 Å². The van der Waals surface area contributed by atoms with Crippen molar-refractivity contribution >= 4 is 34.6 Å². The minimum atomic E-state index is -0.154. The highest BCUT2D eigenvalue weighted by Gasteiger charge is 2.06. The predicted molar refractivity (Wildman–Crippen MR) is 80.8 cm³/mol. The normalized spacial score (nSPS) is 11.2. The van der Waals surface area contributed by atoms with E-state index in [0.717, 1.165) is 16.6 Å². The number of benzene rings is 2. The summed E-state index contributed by atoms with van der Waals surface area (Å²) in [7, 11) is 0. The molecular weight excluding hydrogens is 272 g/mol. The zero-order valence-electron chi connectivity index (χ0n) is 10.5. The van der Waals surface area contributed by atoms with E-state index < -0.39 is 0 Å². The average molecular weight is 283 g/mol. The molecule has 0 saturated carbocycles. The van der Waals surface area contributed by atoms with Gasteiger partial charge >= 0.3 is 0 Å². The molecule has 0 aliphatic heterocycles. The number of carbonyl (C=O) groups excluding carboxylic acids is 1. The number of aromatic nitrogens is 2. The van der Waals surface area contributed by atoms with Gasteiger partial charge < -0.3 is 0 Å². The molecule has 0 saturated heterocycles. The Bertz CT molecular complexity index is 805. The van der Waals surface area contributed by atoms with Crippen LogP contribution >= 0.6 is 11.6 Å². The van der Waals surface area contributed by atoms with Crippen molar-refractivity contribution in [2.45, 2.75) is 0 Å². The van der Waals surface area contributed by atoms with Crippen LogP contribution < -0.4 is 0 Å². The summed E-state index contributed by atoms with van der Waals surface area (Å²) in [4.78, 5) is 16.4. The Morgan fingerprint density at radius 2 is 1.85 bits per heavy atom. The molecule has 98 valence electrons. The number of para-hydroxylation sites is 2. The maximum atomic E-state index is 12.2. The first kappa shape index (κ1) is 12.6. The third-order valence-corrected chi connectivity index (χ3v) is 3.35.